The SMILES string of the molecule is CN(C=O)c1c(NCc2ccccc2)ncnc1NC(=O)c1ccccc1. The Balaban J connectivity index is 1.87. The Labute approximate surface area is 157 Å². The first-order valence-corrected chi connectivity index (χ1v) is 8.36. The standard InChI is InChI=1S/C20H19N5O2/c1-25(14-26)17-18(21-12-15-8-4-2-5-9-15)22-13-23-19(17)24-20(27)16-10-6-3-7-11-16/h2-11,13-14H,12H2,1H3,(H2,21,22,23,24,27). The zero-order valence-corrected chi connectivity index (χ0v) is 14.8. The van der Waals surface area contributed by atoms with Gasteiger partial charge in [0.1, 0.15) is 12.0 Å². The number of nitrogens with one attached hydrogen (secondary N) is 2. The Morgan fingerprint density at radius 3 is 2.30 bits per heavy atom. The lowest BCUT2D eigenvalue weighted by molar-refractivity contribution is -0.107. The number of hydrogen-bond donors (Lipinski definition) is 2. The van der Waals surface area contributed by atoms with Gasteiger partial charge >= 0.3 is 0 Å². The molecule has 0 aliphatic rings. The molecule has 2 amide bonds. The van der Waals surface area contributed by atoms with Crippen LogP contribution in [-0.4, -0.2) is 29.3 Å². The van der Waals surface area contributed by atoms with Crippen molar-refractivity contribution in [3.05, 3.63) is 78.1 Å². The maximum absolute atomic E-state index is 12.5. The number of hydrogen-bond acceptors (Lipinski definition) is 5. The minimum absolute atomic E-state index is 0.254. The summed E-state index contributed by atoms with van der Waals surface area (Å²) in [7, 11) is 1.58. The number of carbonyl (C=O) groups is 2. The van der Waals surface area contributed by atoms with Gasteiger partial charge in [-0.2, -0.15) is 0 Å². The summed E-state index contributed by atoms with van der Waals surface area (Å²) >= 11 is 0. The predicted octanol–water partition coefficient (Wildman–Crippen LogP) is 2.93. The van der Waals surface area contributed by atoms with Crippen molar-refractivity contribution in [3.8, 4) is 0 Å². The summed E-state index contributed by atoms with van der Waals surface area (Å²) in [6, 6.07) is 18.6. The van der Waals surface area contributed by atoms with Gasteiger partial charge in [-0.15, -0.1) is 0 Å². The molecule has 0 saturated heterocycles. The Morgan fingerprint density at radius 1 is 1.00 bits per heavy atom. The largest absolute Gasteiger partial charge is 0.364 e. The molecular weight excluding hydrogens is 342 g/mol. The van der Waals surface area contributed by atoms with Crippen LogP contribution in [0.3, 0.4) is 0 Å². The van der Waals surface area contributed by atoms with Gasteiger partial charge in [-0.3, -0.25) is 9.59 Å². The maximum Gasteiger partial charge on any atom is 0.256 e. The highest BCUT2D eigenvalue weighted by molar-refractivity contribution is 6.06. The highest BCUT2D eigenvalue weighted by Crippen LogP contribution is 2.30. The third kappa shape index (κ3) is 4.46. The van der Waals surface area contributed by atoms with Crippen LogP contribution >= 0.6 is 0 Å². The first-order chi connectivity index (χ1) is 13.2. The third-order valence-electron chi connectivity index (χ3n) is 3.90. The molecule has 2 aromatic carbocycles. The minimum Gasteiger partial charge on any atom is -0.364 e. The van der Waals surface area contributed by atoms with Crippen molar-refractivity contribution in [2.24, 2.45) is 0 Å². The average molecular weight is 361 g/mol. The first-order valence-electron chi connectivity index (χ1n) is 8.36. The molecule has 3 aromatic rings. The molecule has 0 aliphatic heterocycles. The van der Waals surface area contributed by atoms with E-state index in [9.17, 15) is 9.59 Å². The summed E-state index contributed by atoms with van der Waals surface area (Å²) in [6.45, 7) is 0.517. The molecule has 136 valence electrons. The van der Waals surface area contributed by atoms with Crippen molar-refractivity contribution in [2.75, 3.05) is 22.6 Å². The lowest BCUT2D eigenvalue weighted by atomic mass is 10.2. The number of aromatic nitrogens is 2. The molecule has 3 rings (SSSR count). The molecule has 1 heterocycles. The van der Waals surface area contributed by atoms with Gasteiger partial charge in [-0.25, -0.2) is 9.97 Å². The summed E-state index contributed by atoms with van der Waals surface area (Å²) in [4.78, 5) is 33.5. The van der Waals surface area contributed by atoms with Crippen molar-refractivity contribution in [1.29, 1.82) is 0 Å². The van der Waals surface area contributed by atoms with E-state index in [0.29, 0.717) is 30.0 Å². The quantitative estimate of drug-likeness (QED) is 0.632. The van der Waals surface area contributed by atoms with E-state index < -0.39 is 0 Å². The van der Waals surface area contributed by atoms with Crippen molar-refractivity contribution in [2.45, 2.75) is 6.54 Å². The molecule has 7 nitrogen and oxygen atoms in total. The second kappa shape index (κ2) is 8.57. The summed E-state index contributed by atoms with van der Waals surface area (Å²) in [5, 5.41) is 5.95. The lowest BCUT2D eigenvalue weighted by Gasteiger charge is -2.19. The molecule has 27 heavy (non-hydrogen) atoms. The molecule has 0 unspecified atom stereocenters. The Morgan fingerprint density at radius 2 is 1.63 bits per heavy atom. The van der Waals surface area contributed by atoms with Crippen LogP contribution in [-0.2, 0) is 11.3 Å². The number of rotatable bonds is 7. The van der Waals surface area contributed by atoms with E-state index in [1.54, 1.807) is 31.3 Å². The zero-order chi connectivity index (χ0) is 19.1. The normalized spacial score (nSPS) is 10.1. The minimum atomic E-state index is -0.316. The molecule has 7 heteroatoms. The van der Waals surface area contributed by atoms with Crippen LogP contribution in [0, 0.1) is 0 Å². The summed E-state index contributed by atoms with van der Waals surface area (Å²) in [6.07, 6.45) is 1.99. The van der Waals surface area contributed by atoms with Gasteiger partial charge in [-0.1, -0.05) is 48.5 Å². The zero-order valence-electron chi connectivity index (χ0n) is 14.8. The van der Waals surface area contributed by atoms with Crippen molar-refractivity contribution >= 4 is 29.6 Å². The second-order valence-electron chi connectivity index (χ2n) is 5.80. The number of nitrogens with zero attached hydrogens (tertiary/aromatic N) is 3. The molecular formula is C20H19N5O2. The smallest absolute Gasteiger partial charge is 0.256 e. The van der Waals surface area contributed by atoms with Crippen molar-refractivity contribution in [3.63, 3.8) is 0 Å². The highest BCUT2D eigenvalue weighted by atomic mass is 16.2. The Hall–Kier alpha value is -3.74. The van der Waals surface area contributed by atoms with Gasteiger partial charge in [0.05, 0.1) is 0 Å². The Bertz CT molecular complexity index is 916. The molecule has 0 atom stereocenters. The van der Waals surface area contributed by atoms with Gasteiger partial charge < -0.3 is 15.5 Å². The fourth-order valence-electron chi connectivity index (χ4n) is 2.54. The van der Waals surface area contributed by atoms with E-state index in [-0.39, 0.29) is 11.7 Å². The first kappa shape index (κ1) is 18.1. The molecule has 0 spiro atoms. The number of carbonyl (C=O) groups excluding carboxylic acids is 2. The fourth-order valence-corrected chi connectivity index (χ4v) is 2.54. The van der Waals surface area contributed by atoms with Gasteiger partial charge in [0.25, 0.3) is 5.91 Å². The molecule has 0 bridgehead atoms. The number of benzene rings is 2. The number of amides is 2. The fraction of sp³-hybridized carbons (Fsp3) is 0.100. The second-order valence-corrected chi connectivity index (χ2v) is 5.80. The van der Waals surface area contributed by atoms with Crippen LogP contribution < -0.4 is 15.5 Å². The van der Waals surface area contributed by atoms with Crippen molar-refractivity contribution in [1.82, 2.24) is 9.97 Å². The van der Waals surface area contributed by atoms with Crippen LogP contribution in [0.15, 0.2) is 67.0 Å². The predicted molar refractivity (Wildman–Crippen MR) is 105 cm³/mol. The summed E-state index contributed by atoms with van der Waals surface area (Å²) < 4.78 is 0. The van der Waals surface area contributed by atoms with Crippen molar-refractivity contribution < 1.29 is 9.59 Å². The van der Waals surface area contributed by atoms with E-state index in [2.05, 4.69) is 20.6 Å². The maximum atomic E-state index is 12.5. The van der Waals surface area contributed by atoms with E-state index in [4.69, 9.17) is 0 Å². The van der Waals surface area contributed by atoms with Gasteiger partial charge in [0.2, 0.25) is 6.41 Å². The molecule has 0 radical (unpaired) electrons. The molecule has 0 saturated carbocycles. The van der Waals surface area contributed by atoms with Gasteiger partial charge in [-0.05, 0) is 17.7 Å². The monoisotopic (exact) mass is 361 g/mol. The van der Waals surface area contributed by atoms with E-state index >= 15 is 0 Å². The lowest BCUT2D eigenvalue weighted by Crippen LogP contribution is -2.22. The van der Waals surface area contributed by atoms with E-state index in [1.807, 2.05) is 36.4 Å². The van der Waals surface area contributed by atoms with Crippen LogP contribution in [0.5, 0.6) is 0 Å². The molecule has 0 aliphatic carbocycles. The summed E-state index contributed by atoms with van der Waals surface area (Å²) in [5.41, 5.74) is 1.95. The van der Waals surface area contributed by atoms with Gasteiger partial charge in [0.15, 0.2) is 11.6 Å². The van der Waals surface area contributed by atoms with E-state index in [0.717, 1.165) is 5.56 Å². The number of anilines is 3. The highest BCUT2D eigenvalue weighted by Gasteiger charge is 2.18. The molecule has 0 fully saturated rings. The topological polar surface area (TPSA) is 87.2 Å². The van der Waals surface area contributed by atoms with Crippen LogP contribution in [0.2, 0.25) is 0 Å². The molecule has 2 N–H and O–H groups in total. The molecule has 1 aromatic heterocycles. The van der Waals surface area contributed by atoms with E-state index in [1.165, 1.54) is 11.2 Å². The van der Waals surface area contributed by atoms with Crippen LogP contribution in [0.25, 0.3) is 0 Å². The third-order valence-corrected chi connectivity index (χ3v) is 3.90. The van der Waals surface area contributed by atoms with Crippen LogP contribution in [0.1, 0.15) is 15.9 Å². The Kier molecular flexibility index (Phi) is 5.73. The van der Waals surface area contributed by atoms with Crippen LogP contribution in [0.4, 0.5) is 17.3 Å². The average Bonchev–Trinajstić information content (AvgIpc) is 2.73. The van der Waals surface area contributed by atoms with Gasteiger partial charge in [0, 0.05) is 19.2 Å². The summed E-state index contributed by atoms with van der Waals surface area (Å²) in [5.74, 6) is 0.389.